The summed E-state index contributed by atoms with van der Waals surface area (Å²) in [6.45, 7) is 4.49. The molecular formula is C5H6F3NOS. The highest BCUT2D eigenvalue weighted by Gasteiger charge is 2.29. The molecule has 0 saturated carbocycles. The molecule has 1 N–H and O–H groups in total. The van der Waals surface area contributed by atoms with E-state index in [0.29, 0.717) is 0 Å². The van der Waals surface area contributed by atoms with Gasteiger partial charge >= 0.3 is 5.51 Å². The molecule has 0 aliphatic carbocycles. The first-order valence-electron chi connectivity index (χ1n) is 2.53. The van der Waals surface area contributed by atoms with Gasteiger partial charge in [-0.15, -0.1) is 0 Å². The molecule has 64 valence electrons. The first-order valence-corrected chi connectivity index (χ1v) is 3.35. The fraction of sp³-hybridized carbons (Fsp3) is 0.400. The molecule has 0 atom stereocenters. The Labute approximate surface area is 66.0 Å². The van der Waals surface area contributed by atoms with Gasteiger partial charge in [0.2, 0.25) is 0 Å². The second-order valence-corrected chi connectivity index (χ2v) is 2.63. The molecule has 0 radical (unpaired) electrons. The third-order valence-corrected chi connectivity index (χ3v) is 1.17. The Bertz CT molecular complexity index is 177. The summed E-state index contributed by atoms with van der Waals surface area (Å²) in [6.07, 6.45) is 0. The fourth-order valence-electron chi connectivity index (χ4n) is 0.191. The number of rotatable bonds is 2. The van der Waals surface area contributed by atoms with E-state index in [1.54, 1.807) is 4.72 Å². The number of hydrogen-bond donors (Lipinski definition) is 1. The van der Waals surface area contributed by atoms with Crippen molar-refractivity contribution in [1.29, 1.82) is 0 Å². The number of amides is 1. The van der Waals surface area contributed by atoms with Crippen molar-refractivity contribution in [2.75, 3.05) is 0 Å². The Morgan fingerprint density at radius 3 is 2.27 bits per heavy atom. The summed E-state index contributed by atoms with van der Waals surface area (Å²) in [4.78, 5) is 10.5. The highest BCUT2D eigenvalue weighted by Crippen LogP contribution is 2.27. The van der Waals surface area contributed by atoms with Gasteiger partial charge in [-0.3, -0.25) is 9.52 Å². The van der Waals surface area contributed by atoms with E-state index in [-0.39, 0.29) is 5.57 Å². The summed E-state index contributed by atoms with van der Waals surface area (Å²) in [6, 6.07) is 0. The largest absolute Gasteiger partial charge is 0.461 e. The Morgan fingerprint density at radius 2 is 2.00 bits per heavy atom. The number of hydrogen-bond acceptors (Lipinski definition) is 2. The van der Waals surface area contributed by atoms with Crippen molar-refractivity contribution >= 4 is 17.9 Å². The van der Waals surface area contributed by atoms with Crippen LogP contribution in [0.3, 0.4) is 0 Å². The lowest BCUT2D eigenvalue weighted by molar-refractivity contribution is -0.116. The van der Waals surface area contributed by atoms with E-state index in [9.17, 15) is 18.0 Å². The molecule has 2 nitrogen and oxygen atoms in total. The Kier molecular flexibility index (Phi) is 3.44. The van der Waals surface area contributed by atoms with Crippen molar-refractivity contribution in [1.82, 2.24) is 4.72 Å². The van der Waals surface area contributed by atoms with Crippen LogP contribution in [-0.4, -0.2) is 11.4 Å². The van der Waals surface area contributed by atoms with Crippen molar-refractivity contribution in [2.24, 2.45) is 0 Å². The van der Waals surface area contributed by atoms with Gasteiger partial charge in [-0.25, -0.2) is 0 Å². The van der Waals surface area contributed by atoms with Crippen LogP contribution in [0.2, 0.25) is 0 Å². The maximum atomic E-state index is 11.4. The Balaban J connectivity index is 3.73. The SMILES string of the molecule is C=C(C)C(=O)NSC(F)(F)F. The van der Waals surface area contributed by atoms with Gasteiger partial charge in [-0.1, -0.05) is 6.58 Å². The van der Waals surface area contributed by atoms with Crippen molar-refractivity contribution in [3.8, 4) is 0 Å². The smallest absolute Gasteiger partial charge is 0.289 e. The minimum absolute atomic E-state index is 0.0433. The number of halogens is 3. The number of carbonyl (C=O) groups is 1. The van der Waals surface area contributed by atoms with Gasteiger partial charge in [0.1, 0.15) is 0 Å². The van der Waals surface area contributed by atoms with E-state index in [1.807, 2.05) is 0 Å². The van der Waals surface area contributed by atoms with E-state index < -0.39 is 23.4 Å². The molecule has 0 spiro atoms. The zero-order valence-corrected chi connectivity index (χ0v) is 6.47. The fourth-order valence-corrected chi connectivity index (χ4v) is 0.574. The van der Waals surface area contributed by atoms with Gasteiger partial charge in [0, 0.05) is 5.57 Å². The summed E-state index contributed by atoms with van der Waals surface area (Å²) in [5.74, 6) is -0.813. The van der Waals surface area contributed by atoms with Gasteiger partial charge in [-0.2, -0.15) is 13.2 Å². The summed E-state index contributed by atoms with van der Waals surface area (Å²) in [5, 5.41) is 0. The number of carbonyl (C=O) groups excluding carboxylic acids is 1. The lowest BCUT2D eigenvalue weighted by Gasteiger charge is -2.05. The van der Waals surface area contributed by atoms with E-state index >= 15 is 0 Å². The third kappa shape index (κ3) is 5.78. The number of alkyl halides is 3. The van der Waals surface area contributed by atoms with E-state index in [1.165, 1.54) is 6.92 Å². The summed E-state index contributed by atoms with van der Waals surface area (Å²) < 4.78 is 35.8. The van der Waals surface area contributed by atoms with Crippen molar-refractivity contribution < 1.29 is 18.0 Å². The van der Waals surface area contributed by atoms with Crippen LogP contribution in [0.4, 0.5) is 13.2 Å². The minimum atomic E-state index is -4.44. The molecule has 0 unspecified atom stereocenters. The molecule has 0 aromatic heterocycles. The summed E-state index contributed by atoms with van der Waals surface area (Å²) in [5.41, 5.74) is -4.40. The van der Waals surface area contributed by atoms with Gasteiger partial charge in [-0.05, 0) is 6.92 Å². The van der Waals surface area contributed by atoms with Gasteiger partial charge in [0.25, 0.3) is 5.91 Å². The van der Waals surface area contributed by atoms with Crippen LogP contribution in [0.15, 0.2) is 12.2 Å². The van der Waals surface area contributed by atoms with E-state index in [4.69, 9.17) is 0 Å². The van der Waals surface area contributed by atoms with Gasteiger partial charge < -0.3 is 0 Å². The predicted molar refractivity (Wildman–Crippen MR) is 36.6 cm³/mol. The highest BCUT2D eigenvalue weighted by atomic mass is 32.2. The molecule has 0 aromatic rings. The lowest BCUT2D eigenvalue weighted by atomic mass is 10.3. The highest BCUT2D eigenvalue weighted by molar-refractivity contribution is 7.98. The normalized spacial score (nSPS) is 10.9. The van der Waals surface area contributed by atoms with Crippen LogP contribution in [0.1, 0.15) is 6.92 Å². The van der Waals surface area contributed by atoms with Crippen LogP contribution in [0, 0.1) is 0 Å². The van der Waals surface area contributed by atoms with E-state index in [2.05, 4.69) is 6.58 Å². The molecular weight excluding hydrogens is 179 g/mol. The van der Waals surface area contributed by atoms with Gasteiger partial charge in [0.05, 0.1) is 11.9 Å². The molecule has 0 aromatic carbocycles. The van der Waals surface area contributed by atoms with Crippen LogP contribution < -0.4 is 4.72 Å². The zero-order chi connectivity index (χ0) is 9.07. The lowest BCUT2D eigenvalue weighted by Crippen LogP contribution is -2.21. The van der Waals surface area contributed by atoms with Crippen LogP contribution in [-0.2, 0) is 4.79 Å². The molecule has 0 rings (SSSR count). The summed E-state index contributed by atoms with van der Waals surface area (Å²) in [7, 11) is 0. The topological polar surface area (TPSA) is 29.1 Å². The first kappa shape index (κ1) is 10.3. The van der Waals surface area contributed by atoms with Crippen molar-refractivity contribution in [3.63, 3.8) is 0 Å². The molecule has 0 fully saturated rings. The average Bonchev–Trinajstić information content (AvgIpc) is 1.80. The molecule has 1 amide bonds. The maximum absolute atomic E-state index is 11.4. The van der Waals surface area contributed by atoms with E-state index in [0.717, 1.165) is 0 Å². The van der Waals surface area contributed by atoms with Crippen LogP contribution >= 0.6 is 11.9 Å². The molecule has 0 aliphatic rings. The first-order chi connectivity index (χ1) is 4.83. The molecule has 6 heteroatoms. The zero-order valence-electron chi connectivity index (χ0n) is 5.66. The Hall–Kier alpha value is -0.650. The van der Waals surface area contributed by atoms with Crippen molar-refractivity contribution in [3.05, 3.63) is 12.2 Å². The maximum Gasteiger partial charge on any atom is 0.461 e. The minimum Gasteiger partial charge on any atom is -0.289 e. The molecule has 0 heterocycles. The quantitative estimate of drug-likeness (QED) is 0.525. The monoisotopic (exact) mass is 185 g/mol. The average molecular weight is 185 g/mol. The number of nitrogens with one attached hydrogen (secondary N) is 1. The molecule has 0 aliphatic heterocycles. The third-order valence-electron chi connectivity index (χ3n) is 0.647. The second-order valence-electron chi connectivity index (χ2n) is 1.76. The predicted octanol–water partition coefficient (Wildman–Crippen LogP) is 1.85. The molecule has 0 saturated heterocycles. The van der Waals surface area contributed by atoms with Gasteiger partial charge in [0.15, 0.2) is 0 Å². The Morgan fingerprint density at radius 1 is 1.55 bits per heavy atom. The summed E-state index contributed by atoms with van der Waals surface area (Å²) >= 11 is -0.590. The van der Waals surface area contributed by atoms with Crippen molar-refractivity contribution in [2.45, 2.75) is 12.4 Å². The standard InChI is InChI=1S/C5H6F3NOS/c1-3(2)4(10)9-11-5(6,7)8/h1H2,2H3,(H,9,10). The molecule has 0 bridgehead atoms. The van der Waals surface area contributed by atoms with Crippen LogP contribution in [0.25, 0.3) is 0 Å². The van der Waals surface area contributed by atoms with Crippen LogP contribution in [0.5, 0.6) is 0 Å². The molecule has 11 heavy (non-hydrogen) atoms. The second kappa shape index (κ2) is 3.66.